The van der Waals surface area contributed by atoms with Crippen LogP contribution in [-0.4, -0.2) is 29.0 Å². The largest absolute Gasteiger partial charge is 0.332 e. The number of hydrogen-bond donors (Lipinski definition) is 2. The van der Waals surface area contributed by atoms with Crippen molar-refractivity contribution < 1.29 is 4.79 Å². The maximum Gasteiger partial charge on any atom is 0.258 e. The molecule has 2 N–H and O–H groups in total. The SMILES string of the molecule is O=C(NC(=S)Nc1ccc(CN2CCCC2)cc1)c1cc(Cl)ccc1Cl. The van der Waals surface area contributed by atoms with E-state index in [2.05, 4.69) is 27.7 Å². The zero-order valence-electron chi connectivity index (χ0n) is 14.1. The minimum absolute atomic E-state index is 0.207. The summed E-state index contributed by atoms with van der Waals surface area (Å²) in [6, 6.07) is 12.8. The molecule has 2 aromatic carbocycles. The summed E-state index contributed by atoms with van der Waals surface area (Å²) in [7, 11) is 0. The van der Waals surface area contributed by atoms with Crippen molar-refractivity contribution in [3.63, 3.8) is 0 Å². The second-order valence-corrected chi connectivity index (χ2v) is 7.46. The second-order valence-electron chi connectivity index (χ2n) is 6.21. The minimum Gasteiger partial charge on any atom is -0.332 e. The van der Waals surface area contributed by atoms with Crippen molar-refractivity contribution in [2.75, 3.05) is 18.4 Å². The lowest BCUT2D eigenvalue weighted by molar-refractivity contribution is 0.0978. The van der Waals surface area contributed by atoms with Crippen molar-refractivity contribution >= 4 is 52.1 Å². The summed E-state index contributed by atoms with van der Waals surface area (Å²) < 4.78 is 0. The molecule has 1 amide bonds. The molecule has 7 heteroatoms. The topological polar surface area (TPSA) is 44.4 Å². The van der Waals surface area contributed by atoms with Gasteiger partial charge in [-0.2, -0.15) is 0 Å². The molecule has 4 nitrogen and oxygen atoms in total. The summed E-state index contributed by atoms with van der Waals surface area (Å²) in [6.07, 6.45) is 2.56. The van der Waals surface area contributed by atoms with Gasteiger partial charge in [0.2, 0.25) is 0 Å². The Labute approximate surface area is 168 Å². The third-order valence-corrected chi connectivity index (χ3v) is 4.99. The number of nitrogens with one attached hydrogen (secondary N) is 2. The molecule has 2 aromatic rings. The molecule has 1 saturated heterocycles. The Morgan fingerprint density at radius 2 is 1.77 bits per heavy atom. The molecule has 1 aliphatic heterocycles. The van der Waals surface area contributed by atoms with Gasteiger partial charge in [0.25, 0.3) is 5.91 Å². The van der Waals surface area contributed by atoms with Gasteiger partial charge in [-0.05, 0) is 74.0 Å². The van der Waals surface area contributed by atoms with Crippen LogP contribution in [-0.2, 0) is 6.54 Å². The molecule has 1 aliphatic rings. The highest BCUT2D eigenvalue weighted by Gasteiger charge is 2.13. The van der Waals surface area contributed by atoms with Gasteiger partial charge in [-0.25, -0.2) is 0 Å². The van der Waals surface area contributed by atoms with E-state index in [9.17, 15) is 4.79 Å². The van der Waals surface area contributed by atoms with E-state index in [0.717, 1.165) is 12.2 Å². The molecule has 0 saturated carbocycles. The van der Waals surface area contributed by atoms with Gasteiger partial charge in [0.1, 0.15) is 0 Å². The molecule has 0 unspecified atom stereocenters. The van der Waals surface area contributed by atoms with Crippen LogP contribution < -0.4 is 10.6 Å². The fraction of sp³-hybridized carbons (Fsp3) is 0.263. The van der Waals surface area contributed by atoms with Crippen molar-refractivity contribution in [3.8, 4) is 0 Å². The molecule has 3 rings (SSSR count). The Morgan fingerprint density at radius 1 is 1.08 bits per heavy atom. The Balaban J connectivity index is 1.55. The van der Waals surface area contributed by atoms with Gasteiger partial charge in [-0.15, -0.1) is 0 Å². The molecule has 26 heavy (non-hydrogen) atoms. The fourth-order valence-corrected chi connectivity index (χ4v) is 3.48. The standard InChI is InChI=1S/C19H19Cl2N3OS/c20-14-5-8-17(21)16(11-14)18(25)23-19(26)22-15-6-3-13(4-7-15)12-24-9-1-2-10-24/h3-8,11H,1-2,9-10,12H2,(H2,22,23,25,26). The first kappa shape index (κ1) is 19.1. The first-order chi connectivity index (χ1) is 12.5. The van der Waals surface area contributed by atoms with Crippen molar-refractivity contribution in [2.24, 2.45) is 0 Å². The number of carbonyl (C=O) groups excluding carboxylic acids is 1. The van der Waals surface area contributed by atoms with Gasteiger partial charge in [0.05, 0.1) is 10.6 Å². The zero-order valence-corrected chi connectivity index (χ0v) is 16.4. The zero-order chi connectivity index (χ0) is 18.5. The summed E-state index contributed by atoms with van der Waals surface area (Å²) in [5.41, 5.74) is 2.36. The summed E-state index contributed by atoms with van der Waals surface area (Å²) in [5.74, 6) is -0.402. The molecule has 1 fully saturated rings. The van der Waals surface area contributed by atoms with E-state index in [1.807, 2.05) is 12.1 Å². The van der Waals surface area contributed by atoms with Gasteiger partial charge < -0.3 is 5.32 Å². The van der Waals surface area contributed by atoms with Gasteiger partial charge in [-0.3, -0.25) is 15.0 Å². The predicted molar refractivity (Wildman–Crippen MR) is 111 cm³/mol. The van der Waals surface area contributed by atoms with Crippen molar-refractivity contribution in [2.45, 2.75) is 19.4 Å². The number of hydrogen-bond acceptors (Lipinski definition) is 3. The fourth-order valence-electron chi connectivity index (χ4n) is 2.90. The third kappa shape index (κ3) is 5.17. The molecule has 0 atom stereocenters. The van der Waals surface area contributed by atoms with E-state index in [1.54, 1.807) is 12.1 Å². The molecule has 0 aromatic heterocycles. The van der Waals surface area contributed by atoms with Crippen LogP contribution >= 0.6 is 35.4 Å². The molecule has 0 radical (unpaired) electrons. The highest BCUT2D eigenvalue weighted by Crippen LogP contribution is 2.20. The lowest BCUT2D eigenvalue weighted by atomic mass is 10.2. The number of benzene rings is 2. The molecule has 0 bridgehead atoms. The minimum atomic E-state index is -0.402. The summed E-state index contributed by atoms with van der Waals surface area (Å²) in [4.78, 5) is 14.7. The molecular weight excluding hydrogens is 389 g/mol. The van der Waals surface area contributed by atoms with E-state index in [4.69, 9.17) is 35.4 Å². The number of anilines is 1. The summed E-state index contributed by atoms with van der Waals surface area (Å²) in [5, 5.41) is 6.59. The maximum atomic E-state index is 12.3. The van der Waals surface area contributed by atoms with E-state index in [0.29, 0.717) is 10.0 Å². The van der Waals surface area contributed by atoms with Gasteiger partial charge in [0.15, 0.2) is 5.11 Å². The number of thiocarbonyl (C=S) groups is 1. The van der Waals surface area contributed by atoms with Gasteiger partial charge in [0, 0.05) is 17.3 Å². The molecule has 1 heterocycles. The summed E-state index contributed by atoms with van der Waals surface area (Å²) >= 11 is 17.2. The van der Waals surface area contributed by atoms with Gasteiger partial charge in [-0.1, -0.05) is 35.3 Å². The summed E-state index contributed by atoms with van der Waals surface area (Å²) in [6.45, 7) is 3.30. The van der Waals surface area contributed by atoms with Crippen LogP contribution in [0.2, 0.25) is 10.0 Å². The van der Waals surface area contributed by atoms with Crippen molar-refractivity contribution in [3.05, 3.63) is 63.6 Å². The predicted octanol–water partition coefficient (Wildman–Crippen LogP) is 4.72. The monoisotopic (exact) mass is 407 g/mol. The average molecular weight is 408 g/mol. The van der Waals surface area contributed by atoms with Crippen LogP contribution in [0, 0.1) is 0 Å². The number of nitrogens with zero attached hydrogens (tertiary/aromatic N) is 1. The molecule has 136 valence electrons. The molecular formula is C19H19Cl2N3OS. The highest BCUT2D eigenvalue weighted by molar-refractivity contribution is 7.80. The van der Waals surface area contributed by atoms with E-state index < -0.39 is 5.91 Å². The Bertz CT molecular complexity index is 805. The van der Waals surface area contributed by atoms with Crippen LogP contribution in [0.3, 0.4) is 0 Å². The Kier molecular flexibility index (Phi) is 6.48. The smallest absolute Gasteiger partial charge is 0.258 e. The Hall–Kier alpha value is -1.66. The van der Waals surface area contributed by atoms with E-state index in [-0.39, 0.29) is 10.7 Å². The van der Waals surface area contributed by atoms with E-state index >= 15 is 0 Å². The maximum absolute atomic E-state index is 12.3. The normalized spacial score (nSPS) is 14.2. The van der Waals surface area contributed by atoms with Crippen molar-refractivity contribution in [1.29, 1.82) is 0 Å². The number of likely N-dealkylation sites (tertiary alicyclic amines) is 1. The first-order valence-electron chi connectivity index (χ1n) is 8.40. The van der Waals surface area contributed by atoms with Crippen LogP contribution in [0.5, 0.6) is 0 Å². The second kappa shape index (κ2) is 8.82. The Morgan fingerprint density at radius 3 is 2.46 bits per heavy atom. The quantitative estimate of drug-likeness (QED) is 0.719. The van der Waals surface area contributed by atoms with Crippen LogP contribution in [0.4, 0.5) is 5.69 Å². The number of amides is 1. The number of rotatable bonds is 4. The third-order valence-electron chi connectivity index (χ3n) is 4.22. The van der Waals surface area contributed by atoms with Crippen molar-refractivity contribution in [1.82, 2.24) is 10.2 Å². The van der Waals surface area contributed by atoms with E-state index in [1.165, 1.54) is 37.6 Å². The molecule has 0 aliphatic carbocycles. The van der Waals surface area contributed by atoms with Crippen LogP contribution in [0.25, 0.3) is 0 Å². The van der Waals surface area contributed by atoms with Crippen LogP contribution in [0.1, 0.15) is 28.8 Å². The average Bonchev–Trinajstić information content (AvgIpc) is 3.11. The lowest BCUT2D eigenvalue weighted by Crippen LogP contribution is -2.34. The van der Waals surface area contributed by atoms with Gasteiger partial charge >= 0.3 is 0 Å². The molecule has 0 spiro atoms. The number of halogens is 2. The van der Waals surface area contributed by atoms with Crippen LogP contribution in [0.15, 0.2) is 42.5 Å². The lowest BCUT2D eigenvalue weighted by Gasteiger charge is -2.15. The number of carbonyl (C=O) groups is 1. The first-order valence-corrected chi connectivity index (χ1v) is 9.56. The highest BCUT2D eigenvalue weighted by atomic mass is 35.5.